The zero-order chi connectivity index (χ0) is 22.0. The molecular formula is C24H24F2N4O2. The maximum absolute atomic E-state index is 15.1. The second kappa shape index (κ2) is 9.65. The number of anilines is 1. The number of fused-ring (bicyclic) bond motifs is 1. The van der Waals surface area contributed by atoms with Crippen LogP contribution in [0.5, 0.6) is 0 Å². The second-order valence-electron chi connectivity index (χ2n) is 7.13. The number of hydrogen-bond donors (Lipinski definition) is 3. The summed E-state index contributed by atoms with van der Waals surface area (Å²) in [7, 11) is 0. The highest BCUT2D eigenvalue weighted by Crippen LogP contribution is 2.35. The summed E-state index contributed by atoms with van der Waals surface area (Å²) >= 11 is 0. The molecule has 3 aromatic heterocycles. The fourth-order valence-corrected chi connectivity index (χ4v) is 3.45. The quantitative estimate of drug-likeness (QED) is 0.378. The third-order valence-electron chi connectivity index (χ3n) is 5.00. The van der Waals surface area contributed by atoms with Crippen molar-refractivity contribution in [3.63, 3.8) is 0 Å². The molecule has 0 aliphatic carbocycles. The first-order valence-corrected chi connectivity index (χ1v) is 9.82. The van der Waals surface area contributed by atoms with E-state index in [9.17, 15) is 14.3 Å². The van der Waals surface area contributed by atoms with Crippen molar-refractivity contribution >= 4 is 22.6 Å². The minimum Gasteiger partial charge on any atom is -0.383 e. The number of carbonyl (C=O) groups is 1. The molecule has 0 fully saturated rings. The Morgan fingerprint density at radius 3 is 2.75 bits per heavy atom. The van der Waals surface area contributed by atoms with E-state index in [1.807, 2.05) is 13.0 Å². The van der Waals surface area contributed by atoms with Gasteiger partial charge in [0, 0.05) is 53.3 Å². The first-order chi connectivity index (χ1) is 15.0. The molecule has 8 heteroatoms. The van der Waals surface area contributed by atoms with Crippen molar-refractivity contribution in [2.24, 2.45) is 0 Å². The molecular weight excluding hydrogens is 414 g/mol. The maximum Gasteiger partial charge on any atom is 0.224 e. The molecule has 0 bridgehead atoms. The molecule has 0 saturated heterocycles. The lowest BCUT2D eigenvalue weighted by Gasteiger charge is -2.15. The van der Waals surface area contributed by atoms with Gasteiger partial charge in [-0.25, -0.2) is 13.8 Å². The summed E-state index contributed by atoms with van der Waals surface area (Å²) in [5, 5.41) is 13.9. The van der Waals surface area contributed by atoms with Crippen LogP contribution in [-0.2, 0) is 4.79 Å². The summed E-state index contributed by atoms with van der Waals surface area (Å²) in [6.45, 7) is 1.82. The zero-order valence-corrected chi connectivity index (χ0v) is 16.7. The molecule has 32 heavy (non-hydrogen) atoms. The minimum absolute atomic E-state index is 0. The van der Waals surface area contributed by atoms with Gasteiger partial charge in [-0.15, -0.1) is 0 Å². The van der Waals surface area contributed by atoms with Gasteiger partial charge in [0.25, 0.3) is 0 Å². The standard InChI is InChI=1S/C23H20F2N4O2.CH4/c1-2-4-19(30)29-18-7-6-17(24)20(21(18)25)22(31)16-12-28-23-15(16)9-14(11-27-23)13-5-3-8-26-10-13;/h3,5-12,22,31H,2,4H2,1H3,(H,27,28)(H,29,30);1H4. The number of aromatic nitrogens is 3. The van der Waals surface area contributed by atoms with Crippen molar-refractivity contribution in [2.75, 3.05) is 5.32 Å². The summed E-state index contributed by atoms with van der Waals surface area (Å²) in [6, 6.07) is 7.59. The summed E-state index contributed by atoms with van der Waals surface area (Å²) in [4.78, 5) is 23.2. The van der Waals surface area contributed by atoms with E-state index in [0.717, 1.165) is 23.3 Å². The smallest absolute Gasteiger partial charge is 0.224 e. The van der Waals surface area contributed by atoms with Gasteiger partial charge in [0.05, 0.1) is 11.3 Å². The highest BCUT2D eigenvalue weighted by molar-refractivity contribution is 5.91. The van der Waals surface area contributed by atoms with Gasteiger partial charge < -0.3 is 15.4 Å². The van der Waals surface area contributed by atoms with Crippen molar-refractivity contribution in [3.05, 3.63) is 77.9 Å². The Bertz CT molecular complexity index is 1240. The Morgan fingerprint density at radius 2 is 2.03 bits per heavy atom. The molecule has 1 unspecified atom stereocenters. The number of aliphatic hydroxyl groups is 1. The number of amides is 1. The van der Waals surface area contributed by atoms with Gasteiger partial charge in [0.2, 0.25) is 5.91 Å². The molecule has 1 atom stereocenters. The van der Waals surface area contributed by atoms with Crippen molar-refractivity contribution in [2.45, 2.75) is 33.3 Å². The van der Waals surface area contributed by atoms with E-state index in [4.69, 9.17) is 0 Å². The van der Waals surface area contributed by atoms with E-state index in [1.165, 1.54) is 6.20 Å². The van der Waals surface area contributed by atoms with Gasteiger partial charge in [-0.1, -0.05) is 20.4 Å². The van der Waals surface area contributed by atoms with Gasteiger partial charge in [-0.05, 0) is 30.7 Å². The average Bonchev–Trinajstić information content (AvgIpc) is 3.20. The third-order valence-corrected chi connectivity index (χ3v) is 5.00. The van der Waals surface area contributed by atoms with Gasteiger partial charge in [0.1, 0.15) is 17.6 Å². The van der Waals surface area contributed by atoms with E-state index in [2.05, 4.69) is 20.3 Å². The maximum atomic E-state index is 15.1. The van der Waals surface area contributed by atoms with Crippen molar-refractivity contribution in [1.29, 1.82) is 0 Å². The summed E-state index contributed by atoms with van der Waals surface area (Å²) in [5.74, 6) is -2.31. The monoisotopic (exact) mass is 438 g/mol. The highest BCUT2D eigenvalue weighted by Gasteiger charge is 2.25. The molecule has 0 aliphatic rings. The Hall–Kier alpha value is -3.65. The number of pyridine rings is 2. The summed E-state index contributed by atoms with van der Waals surface area (Å²) in [6.07, 6.45) is 5.63. The number of aliphatic hydroxyl groups excluding tert-OH is 1. The lowest BCUT2D eigenvalue weighted by atomic mass is 9.98. The molecule has 166 valence electrons. The highest BCUT2D eigenvalue weighted by atomic mass is 19.1. The number of halogens is 2. The number of carbonyl (C=O) groups excluding carboxylic acids is 1. The summed E-state index contributed by atoms with van der Waals surface area (Å²) in [5.41, 5.74) is 1.58. The number of benzene rings is 1. The minimum atomic E-state index is -1.61. The molecule has 0 radical (unpaired) electrons. The second-order valence-corrected chi connectivity index (χ2v) is 7.13. The van der Waals surface area contributed by atoms with Crippen LogP contribution in [0.25, 0.3) is 22.2 Å². The third kappa shape index (κ3) is 4.36. The van der Waals surface area contributed by atoms with Crippen LogP contribution in [0.4, 0.5) is 14.5 Å². The van der Waals surface area contributed by atoms with Gasteiger partial charge >= 0.3 is 0 Å². The fourth-order valence-electron chi connectivity index (χ4n) is 3.45. The van der Waals surface area contributed by atoms with Crippen LogP contribution in [0.15, 0.2) is 55.1 Å². The molecule has 4 aromatic rings. The Kier molecular flexibility index (Phi) is 6.95. The van der Waals surface area contributed by atoms with Crippen molar-refractivity contribution in [3.8, 4) is 11.1 Å². The van der Waals surface area contributed by atoms with Crippen LogP contribution in [0, 0.1) is 11.6 Å². The Labute approximate surface area is 184 Å². The number of H-pyrrole nitrogens is 1. The van der Waals surface area contributed by atoms with Gasteiger partial charge in [-0.3, -0.25) is 9.78 Å². The van der Waals surface area contributed by atoms with E-state index >= 15 is 4.39 Å². The van der Waals surface area contributed by atoms with Crippen LogP contribution in [0.2, 0.25) is 0 Å². The molecule has 1 aromatic carbocycles. The molecule has 4 rings (SSSR count). The normalized spacial score (nSPS) is 11.8. The fraction of sp³-hybridized carbons (Fsp3) is 0.208. The number of nitrogens with one attached hydrogen (secondary N) is 2. The topological polar surface area (TPSA) is 90.9 Å². The number of rotatable bonds is 6. The van der Waals surface area contributed by atoms with E-state index in [0.29, 0.717) is 17.5 Å². The predicted molar refractivity (Wildman–Crippen MR) is 120 cm³/mol. The zero-order valence-electron chi connectivity index (χ0n) is 16.7. The molecule has 3 heterocycles. The number of hydrogen-bond acceptors (Lipinski definition) is 4. The molecule has 3 N–H and O–H groups in total. The Balaban J connectivity index is 0.00000289. The van der Waals surface area contributed by atoms with Gasteiger partial charge in [-0.2, -0.15) is 0 Å². The van der Waals surface area contributed by atoms with Crippen LogP contribution >= 0.6 is 0 Å². The molecule has 0 saturated carbocycles. The number of aromatic amines is 1. The molecule has 1 amide bonds. The molecule has 6 nitrogen and oxygen atoms in total. The van der Waals surface area contributed by atoms with E-state index in [-0.39, 0.29) is 31.0 Å². The van der Waals surface area contributed by atoms with E-state index in [1.54, 1.807) is 30.7 Å². The van der Waals surface area contributed by atoms with Crippen molar-refractivity contribution < 1.29 is 18.7 Å². The first-order valence-electron chi connectivity index (χ1n) is 9.82. The van der Waals surface area contributed by atoms with Crippen LogP contribution in [-0.4, -0.2) is 26.0 Å². The largest absolute Gasteiger partial charge is 0.383 e. The first kappa shape index (κ1) is 23.0. The number of nitrogens with zero attached hydrogens (tertiary/aromatic N) is 2. The lowest BCUT2D eigenvalue weighted by molar-refractivity contribution is -0.116. The van der Waals surface area contributed by atoms with Gasteiger partial charge in [0.15, 0.2) is 5.82 Å². The van der Waals surface area contributed by atoms with Crippen LogP contribution in [0.1, 0.15) is 44.4 Å². The summed E-state index contributed by atoms with van der Waals surface area (Å²) < 4.78 is 29.6. The average molecular weight is 438 g/mol. The predicted octanol–water partition coefficient (Wildman–Crippen LogP) is 5.36. The molecule has 0 aliphatic heterocycles. The van der Waals surface area contributed by atoms with E-state index < -0.39 is 23.3 Å². The SMILES string of the molecule is C.CCCC(=O)Nc1ccc(F)c(C(O)c2c[nH]c3ncc(-c4cccnc4)cc23)c1F. The van der Waals surface area contributed by atoms with Crippen molar-refractivity contribution in [1.82, 2.24) is 15.0 Å². The van der Waals surface area contributed by atoms with Crippen LogP contribution < -0.4 is 5.32 Å². The Morgan fingerprint density at radius 1 is 1.22 bits per heavy atom. The lowest BCUT2D eigenvalue weighted by Crippen LogP contribution is -2.14. The van der Waals surface area contributed by atoms with Crippen LogP contribution in [0.3, 0.4) is 0 Å². The molecule has 0 spiro atoms.